The van der Waals surface area contributed by atoms with E-state index in [9.17, 15) is 5.11 Å². The van der Waals surface area contributed by atoms with Crippen molar-refractivity contribution < 1.29 is 14.6 Å². The zero-order valence-corrected chi connectivity index (χ0v) is 19.1. The van der Waals surface area contributed by atoms with Gasteiger partial charge in [-0.25, -0.2) is 4.99 Å². The Bertz CT molecular complexity index is 882. The lowest BCUT2D eigenvalue weighted by Gasteiger charge is -2.17. The number of nitrogens with zero attached hydrogens (tertiary/aromatic N) is 1. The fourth-order valence-corrected chi connectivity index (χ4v) is 3.69. The molecule has 1 saturated heterocycles. The van der Waals surface area contributed by atoms with Crippen molar-refractivity contribution in [2.75, 3.05) is 26.4 Å². The van der Waals surface area contributed by atoms with Crippen LogP contribution in [0.25, 0.3) is 0 Å². The van der Waals surface area contributed by atoms with Crippen LogP contribution in [0.4, 0.5) is 0 Å². The monoisotopic (exact) mass is 425 g/mol. The van der Waals surface area contributed by atoms with E-state index in [-0.39, 0.29) is 0 Å². The Morgan fingerprint density at radius 3 is 2.61 bits per heavy atom. The van der Waals surface area contributed by atoms with Gasteiger partial charge in [-0.3, -0.25) is 0 Å². The zero-order valence-electron chi connectivity index (χ0n) is 19.1. The van der Waals surface area contributed by atoms with E-state index in [1.165, 1.54) is 5.56 Å². The number of rotatable bonds is 8. The minimum atomic E-state index is 0.355. The first-order valence-electron chi connectivity index (χ1n) is 11.1. The third kappa shape index (κ3) is 6.62. The molecular weight excluding hydrogens is 390 g/mol. The molecule has 168 valence electrons. The molecule has 0 spiro atoms. The standard InChI is InChI=1S/C25H35N3O3/c1-5-26-25(27-13-21-11-18(3)24(29)19(4)12-21)28-14-22-7-6-17(2)10-23(22)31-16-20-8-9-30-15-20/h6-7,10-12,20,29H,5,8-9,13-16H2,1-4H3,(H2,26,27,28). The lowest BCUT2D eigenvalue weighted by atomic mass is 10.1. The first kappa shape index (κ1) is 22.9. The van der Waals surface area contributed by atoms with Gasteiger partial charge in [0.1, 0.15) is 11.5 Å². The number of guanidine groups is 1. The van der Waals surface area contributed by atoms with Crippen LogP contribution in [0.3, 0.4) is 0 Å². The minimum Gasteiger partial charge on any atom is -0.507 e. The van der Waals surface area contributed by atoms with Crippen molar-refractivity contribution in [3.05, 3.63) is 58.1 Å². The summed E-state index contributed by atoms with van der Waals surface area (Å²) in [7, 11) is 0. The average molecular weight is 426 g/mol. The summed E-state index contributed by atoms with van der Waals surface area (Å²) in [6, 6.07) is 10.3. The van der Waals surface area contributed by atoms with Crippen LogP contribution in [0.15, 0.2) is 35.3 Å². The van der Waals surface area contributed by atoms with Crippen molar-refractivity contribution in [1.29, 1.82) is 0 Å². The summed E-state index contributed by atoms with van der Waals surface area (Å²) in [6.07, 6.45) is 1.06. The molecule has 0 bridgehead atoms. The van der Waals surface area contributed by atoms with Crippen molar-refractivity contribution in [3.63, 3.8) is 0 Å². The number of hydrogen-bond donors (Lipinski definition) is 3. The number of aryl methyl sites for hydroxylation is 3. The molecule has 0 aromatic heterocycles. The van der Waals surface area contributed by atoms with Crippen LogP contribution < -0.4 is 15.4 Å². The predicted molar refractivity (Wildman–Crippen MR) is 125 cm³/mol. The molecule has 0 aliphatic carbocycles. The average Bonchev–Trinajstić information content (AvgIpc) is 3.27. The highest BCUT2D eigenvalue weighted by molar-refractivity contribution is 5.79. The molecule has 6 nitrogen and oxygen atoms in total. The number of nitrogens with one attached hydrogen (secondary N) is 2. The molecule has 1 heterocycles. The van der Waals surface area contributed by atoms with Crippen LogP contribution in [-0.2, 0) is 17.8 Å². The van der Waals surface area contributed by atoms with Gasteiger partial charge in [-0.1, -0.05) is 24.3 Å². The lowest BCUT2D eigenvalue weighted by molar-refractivity contribution is 0.166. The maximum atomic E-state index is 9.98. The van der Waals surface area contributed by atoms with Crippen LogP contribution in [0, 0.1) is 26.7 Å². The molecule has 0 saturated carbocycles. The highest BCUT2D eigenvalue weighted by Gasteiger charge is 2.17. The second kappa shape index (κ2) is 11.0. The van der Waals surface area contributed by atoms with E-state index in [1.54, 1.807) is 0 Å². The molecule has 31 heavy (non-hydrogen) atoms. The van der Waals surface area contributed by atoms with Gasteiger partial charge in [0, 0.05) is 31.2 Å². The quantitative estimate of drug-likeness (QED) is 0.441. The third-order valence-electron chi connectivity index (χ3n) is 5.48. The summed E-state index contributed by atoms with van der Waals surface area (Å²) >= 11 is 0. The number of phenolic OH excluding ortho intramolecular Hbond substituents is 1. The molecule has 2 aromatic rings. The number of phenols is 1. The summed E-state index contributed by atoms with van der Waals surface area (Å²) in [4.78, 5) is 4.72. The molecule has 1 fully saturated rings. The first-order valence-corrected chi connectivity index (χ1v) is 11.1. The summed E-state index contributed by atoms with van der Waals surface area (Å²) in [5.74, 6) is 2.49. The molecule has 2 aromatic carbocycles. The van der Waals surface area contributed by atoms with E-state index < -0.39 is 0 Å². The Balaban J connectivity index is 1.65. The highest BCUT2D eigenvalue weighted by Crippen LogP contribution is 2.24. The van der Waals surface area contributed by atoms with Gasteiger partial charge in [-0.05, 0) is 62.4 Å². The molecule has 1 atom stereocenters. The van der Waals surface area contributed by atoms with E-state index >= 15 is 0 Å². The van der Waals surface area contributed by atoms with Crippen LogP contribution in [0.5, 0.6) is 11.5 Å². The van der Waals surface area contributed by atoms with Gasteiger partial charge in [-0.15, -0.1) is 0 Å². The number of hydrogen-bond acceptors (Lipinski definition) is 4. The number of aliphatic imine (C=N–C) groups is 1. The predicted octanol–water partition coefficient (Wildman–Crippen LogP) is 3.99. The molecular formula is C25H35N3O3. The fourth-order valence-electron chi connectivity index (χ4n) is 3.69. The van der Waals surface area contributed by atoms with E-state index in [4.69, 9.17) is 14.5 Å². The van der Waals surface area contributed by atoms with Crippen LogP contribution >= 0.6 is 0 Å². The Morgan fingerprint density at radius 1 is 1.16 bits per heavy atom. The fraction of sp³-hybridized carbons (Fsp3) is 0.480. The zero-order chi connectivity index (χ0) is 22.2. The van der Waals surface area contributed by atoms with Gasteiger partial charge in [0.2, 0.25) is 0 Å². The van der Waals surface area contributed by atoms with Gasteiger partial charge in [0.15, 0.2) is 5.96 Å². The number of benzene rings is 2. The second-order valence-electron chi connectivity index (χ2n) is 8.28. The van der Waals surface area contributed by atoms with Crippen molar-refractivity contribution in [2.24, 2.45) is 10.9 Å². The SMILES string of the molecule is CCNC(=NCc1cc(C)c(O)c(C)c1)NCc1ccc(C)cc1OCC1CCOC1. The summed E-state index contributed by atoms with van der Waals surface area (Å²) < 4.78 is 11.6. The molecule has 1 aliphatic heterocycles. The third-order valence-corrected chi connectivity index (χ3v) is 5.48. The Hall–Kier alpha value is -2.73. The van der Waals surface area contributed by atoms with E-state index in [2.05, 4.69) is 42.7 Å². The molecule has 6 heteroatoms. The van der Waals surface area contributed by atoms with Gasteiger partial charge in [0.25, 0.3) is 0 Å². The molecule has 1 unspecified atom stereocenters. The molecule has 0 amide bonds. The summed E-state index contributed by atoms with van der Waals surface area (Å²) in [6.45, 7) is 12.2. The number of ether oxygens (including phenoxy) is 2. The Labute approximate surface area is 185 Å². The Kier molecular flexibility index (Phi) is 8.18. The van der Waals surface area contributed by atoms with Crippen molar-refractivity contribution >= 4 is 5.96 Å². The highest BCUT2D eigenvalue weighted by atomic mass is 16.5. The molecule has 0 radical (unpaired) electrons. The molecule has 3 rings (SSSR count). The van der Waals surface area contributed by atoms with E-state index in [1.807, 2.05) is 26.0 Å². The van der Waals surface area contributed by atoms with Crippen molar-refractivity contribution in [1.82, 2.24) is 10.6 Å². The van der Waals surface area contributed by atoms with E-state index in [0.29, 0.717) is 31.4 Å². The maximum absolute atomic E-state index is 9.98. The second-order valence-corrected chi connectivity index (χ2v) is 8.28. The van der Waals surface area contributed by atoms with Crippen LogP contribution in [-0.4, -0.2) is 37.4 Å². The summed E-state index contributed by atoms with van der Waals surface area (Å²) in [5, 5.41) is 16.7. The van der Waals surface area contributed by atoms with Gasteiger partial charge >= 0.3 is 0 Å². The molecule has 3 N–H and O–H groups in total. The van der Waals surface area contributed by atoms with Gasteiger partial charge < -0.3 is 25.2 Å². The Morgan fingerprint density at radius 2 is 1.94 bits per heavy atom. The van der Waals surface area contributed by atoms with Crippen LogP contribution in [0.2, 0.25) is 0 Å². The minimum absolute atomic E-state index is 0.355. The number of aromatic hydroxyl groups is 1. The molecule has 1 aliphatic rings. The smallest absolute Gasteiger partial charge is 0.191 e. The van der Waals surface area contributed by atoms with Gasteiger partial charge in [0.05, 0.1) is 19.8 Å². The van der Waals surface area contributed by atoms with Crippen LogP contribution in [0.1, 0.15) is 41.2 Å². The first-order chi connectivity index (χ1) is 15.0. The maximum Gasteiger partial charge on any atom is 0.191 e. The van der Waals surface area contributed by atoms with Gasteiger partial charge in [-0.2, -0.15) is 0 Å². The summed E-state index contributed by atoms with van der Waals surface area (Å²) in [5.41, 5.74) is 5.10. The largest absolute Gasteiger partial charge is 0.507 e. The lowest BCUT2D eigenvalue weighted by Crippen LogP contribution is -2.36. The topological polar surface area (TPSA) is 75.1 Å². The normalized spacial score (nSPS) is 16.4. The van der Waals surface area contributed by atoms with Crippen molar-refractivity contribution in [3.8, 4) is 11.5 Å². The van der Waals surface area contributed by atoms with E-state index in [0.717, 1.165) is 60.1 Å². The van der Waals surface area contributed by atoms with Crippen molar-refractivity contribution in [2.45, 2.75) is 47.2 Å².